The molecule has 2 rings (SSSR count). The van der Waals surface area contributed by atoms with E-state index in [1.165, 1.54) is 6.07 Å². The van der Waals surface area contributed by atoms with Gasteiger partial charge >= 0.3 is 0 Å². The van der Waals surface area contributed by atoms with Gasteiger partial charge in [0.2, 0.25) is 0 Å². The van der Waals surface area contributed by atoms with Gasteiger partial charge in [-0.15, -0.1) is 0 Å². The number of nitrogens with two attached hydrogens (primary N) is 1. The number of hydrogen-bond donors (Lipinski definition) is 2. The fraction of sp³-hybridized carbons (Fsp3) is 0.231. The van der Waals surface area contributed by atoms with Crippen LogP contribution >= 0.6 is 0 Å². The number of nitrogens with one attached hydrogen (secondary N) is 1. The molecular weight excluding hydrogens is 230 g/mol. The maximum absolute atomic E-state index is 12.0. The highest BCUT2D eigenvalue weighted by molar-refractivity contribution is 5.80. The Morgan fingerprint density at radius 1 is 1.39 bits per heavy atom. The number of carbonyl (C=O) groups excluding carboxylic acids is 1. The number of carbonyl (C=O) groups is 1. The lowest BCUT2D eigenvalue weighted by Gasteiger charge is -2.04. The highest BCUT2D eigenvalue weighted by Gasteiger charge is 2.11. The summed E-state index contributed by atoms with van der Waals surface area (Å²) < 4.78 is 1.01. The van der Waals surface area contributed by atoms with Gasteiger partial charge in [0.05, 0.1) is 12.1 Å². The lowest BCUT2D eigenvalue weighted by atomic mass is 10.1. The van der Waals surface area contributed by atoms with Crippen molar-refractivity contribution >= 4 is 5.91 Å². The van der Waals surface area contributed by atoms with Gasteiger partial charge in [0, 0.05) is 12.6 Å². The molecule has 0 fully saturated rings. The molecule has 0 amide bonds. The van der Waals surface area contributed by atoms with Crippen LogP contribution in [0.2, 0.25) is 0 Å². The van der Waals surface area contributed by atoms with Gasteiger partial charge in [0.1, 0.15) is 0 Å². The molecule has 1 aromatic carbocycles. The average molecular weight is 245 g/mol. The molecule has 5 nitrogen and oxygen atoms in total. The van der Waals surface area contributed by atoms with Gasteiger partial charge < -0.3 is 5.73 Å². The Morgan fingerprint density at radius 2 is 2.11 bits per heavy atom. The van der Waals surface area contributed by atoms with E-state index in [0.717, 1.165) is 15.8 Å². The molecule has 0 unspecified atom stereocenters. The zero-order valence-corrected chi connectivity index (χ0v) is 10.1. The van der Waals surface area contributed by atoms with Crippen molar-refractivity contribution in [3.63, 3.8) is 0 Å². The lowest BCUT2D eigenvalue weighted by Crippen LogP contribution is -2.25. The van der Waals surface area contributed by atoms with E-state index in [1.54, 1.807) is 0 Å². The van der Waals surface area contributed by atoms with Gasteiger partial charge in [-0.2, -0.15) is 4.68 Å². The number of nitrogens with zero attached hydrogens (tertiary/aromatic N) is 1. The maximum atomic E-state index is 12.0. The second-order valence-electron chi connectivity index (χ2n) is 4.16. The second kappa shape index (κ2) is 5.01. The van der Waals surface area contributed by atoms with Gasteiger partial charge in [-0.05, 0) is 18.1 Å². The topological polar surface area (TPSA) is 80.9 Å². The maximum Gasteiger partial charge on any atom is 0.273 e. The molecule has 0 aliphatic rings. The first-order valence-electron chi connectivity index (χ1n) is 5.70. The van der Waals surface area contributed by atoms with Crippen LogP contribution in [0.15, 0.2) is 35.1 Å². The number of hydrogen-bond acceptors (Lipinski definition) is 3. The Balaban J connectivity index is 2.25. The van der Waals surface area contributed by atoms with Crippen molar-refractivity contribution in [2.75, 3.05) is 0 Å². The van der Waals surface area contributed by atoms with Gasteiger partial charge in [-0.25, -0.2) is 0 Å². The van der Waals surface area contributed by atoms with Crippen molar-refractivity contribution in [3.8, 4) is 0 Å². The Morgan fingerprint density at radius 3 is 2.72 bits per heavy atom. The molecule has 0 atom stereocenters. The van der Waals surface area contributed by atoms with E-state index in [2.05, 4.69) is 5.10 Å². The number of rotatable bonds is 3. The smallest absolute Gasteiger partial charge is 0.273 e. The summed E-state index contributed by atoms with van der Waals surface area (Å²) in [5.41, 5.74) is 7.55. The number of aryl methyl sites for hydroxylation is 1. The summed E-state index contributed by atoms with van der Waals surface area (Å²) in [7, 11) is 0. The van der Waals surface area contributed by atoms with Crippen molar-refractivity contribution < 1.29 is 4.79 Å². The normalized spacial score (nSPS) is 10.6. The van der Waals surface area contributed by atoms with Crippen LogP contribution in [0.3, 0.4) is 0 Å². The Kier molecular flexibility index (Phi) is 3.43. The Bertz CT molecular complexity index is 625. The third kappa shape index (κ3) is 2.41. The van der Waals surface area contributed by atoms with Gasteiger partial charge in [0.25, 0.3) is 11.5 Å². The minimum atomic E-state index is -0.367. The zero-order valence-electron chi connectivity index (χ0n) is 10.1. The molecule has 94 valence electrons. The Labute approximate surface area is 104 Å². The average Bonchev–Trinajstić information content (AvgIpc) is 2.73. The molecule has 0 aliphatic carbocycles. The molecule has 5 heteroatoms. The predicted molar refractivity (Wildman–Crippen MR) is 68.5 cm³/mol. The van der Waals surface area contributed by atoms with Crippen LogP contribution in [0.4, 0.5) is 0 Å². The van der Waals surface area contributed by atoms with Crippen LogP contribution in [0.25, 0.3) is 0 Å². The van der Waals surface area contributed by atoms with E-state index in [0.29, 0.717) is 5.69 Å². The molecule has 2 aromatic rings. The lowest BCUT2D eigenvalue weighted by molar-refractivity contribution is 0.0893. The van der Waals surface area contributed by atoms with Crippen LogP contribution < -0.4 is 11.3 Å². The summed E-state index contributed by atoms with van der Waals surface area (Å²) in [5, 5.41) is 2.70. The van der Waals surface area contributed by atoms with Gasteiger partial charge in [-0.1, -0.05) is 24.3 Å². The highest BCUT2D eigenvalue weighted by Crippen LogP contribution is 2.08. The molecule has 18 heavy (non-hydrogen) atoms. The molecule has 1 heterocycles. The molecule has 1 aromatic heterocycles. The molecule has 0 saturated heterocycles. The van der Waals surface area contributed by atoms with Gasteiger partial charge in [0.15, 0.2) is 0 Å². The van der Waals surface area contributed by atoms with E-state index >= 15 is 0 Å². The first kappa shape index (κ1) is 12.3. The number of benzene rings is 1. The van der Waals surface area contributed by atoms with E-state index in [-0.39, 0.29) is 24.4 Å². The number of aromatic amines is 1. The summed E-state index contributed by atoms with van der Waals surface area (Å²) in [4.78, 5) is 23.6. The van der Waals surface area contributed by atoms with E-state index < -0.39 is 0 Å². The summed E-state index contributed by atoms with van der Waals surface area (Å²) >= 11 is 0. The molecular formula is C13H15N3O2. The molecule has 0 bridgehead atoms. The van der Waals surface area contributed by atoms with Crippen LogP contribution in [0.1, 0.15) is 21.6 Å². The Hall–Kier alpha value is -2.14. The van der Waals surface area contributed by atoms with Crippen molar-refractivity contribution in [2.45, 2.75) is 19.9 Å². The predicted octanol–water partition coefficient (Wildman–Crippen LogP) is 0.826. The number of aromatic nitrogens is 2. The summed E-state index contributed by atoms with van der Waals surface area (Å²) in [5.74, 6) is -0.283. The van der Waals surface area contributed by atoms with E-state index in [1.807, 2.05) is 31.2 Å². The molecule has 0 aliphatic heterocycles. The highest BCUT2D eigenvalue weighted by atomic mass is 16.2. The van der Waals surface area contributed by atoms with Crippen LogP contribution in [-0.2, 0) is 13.0 Å². The minimum Gasteiger partial charge on any atom is -0.325 e. The molecule has 3 N–H and O–H groups in total. The first-order chi connectivity index (χ1) is 8.61. The quantitative estimate of drug-likeness (QED) is 0.840. The van der Waals surface area contributed by atoms with Crippen molar-refractivity contribution in [2.24, 2.45) is 5.73 Å². The van der Waals surface area contributed by atoms with E-state index in [9.17, 15) is 9.59 Å². The fourth-order valence-electron chi connectivity index (χ4n) is 1.78. The summed E-state index contributed by atoms with van der Waals surface area (Å²) in [6, 6.07) is 8.95. The monoisotopic (exact) mass is 245 g/mol. The largest absolute Gasteiger partial charge is 0.325 e. The zero-order chi connectivity index (χ0) is 13.1. The minimum absolute atomic E-state index is 0.192. The van der Waals surface area contributed by atoms with Crippen molar-refractivity contribution in [1.29, 1.82) is 0 Å². The standard InChI is InChI=1S/C13H15N3O2/c1-9-4-2-3-5-10(9)6-12(17)16-13(18)7-11(8-14)15-16/h2-5,7,15H,6,8,14H2,1H3. The third-order valence-electron chi connectivity index (χ3n) is 2.85. The SMILES string of the molecule is Cc1ccccc1CC(=O)n1[nH]c(CN)cc1=O. The molecule has 0 spiro atoms. The van der Waals surface area contributed by atoms with Crippen LogP contribution in [-0.4, -0.2) is 15.7 Å². The number of H-pyrrole nitrogens is 1. The fourth-order valence-corrected chi connectivity index (χ4v) is 1.78. The van der Waals surface area contributed by atoms with Crippen LogP contribution in [0.5, 0.6) is 0 Å². The van der Waals surface area contributed by atoms with Crippen molar-refractivity contribution in [1.82, 2.24) is 9.78 Å². The third-order valence-corrected chi connectivity index (χ3v) is 2.85. The summed E-state index contributed by atoms with van der Waals surface area (Å²) in [6.45, 7) is 2.14. The van der Waals surface area contributed by atoms with E-state index in [4.69, 9.17) is 5.73 Å². The van der Waals surface area contributed by atoms with Crippen molar-refractivity contribution in [3.05, 3.63) is 57.5 Å². The second-order valence-corrected chi connectivity index (χ2v) is 4.16. The summed E-state index contributed by atoms with van der Waals surface area (Å²) in [6.07, 6.45) is 0.192. The first-order valence-corrected chi connectivity index (χ1v) is 5.70. The van der Waals surface area contributed by atoms with Gasteiger partial charge in [-0.3, -0.25) is 14.7 Å². The molecule has 0 radical (unpaired) electrons. The van der Waals surface area contributed by atoms with Crippen LogP contribution in [0, 0.1) is 6.92 Å². The molecule has 0 saturated carbocycles.